The summed E-state index contributed by atoms with van der Waals surface area (Å²) < 4.78 is 1.87. The molecule has 4 aromatic rings. The van der Waals surface area contributed by atoms with E-state index in [2.05, 4.69) is 22.4 Å². The molecule has 0 spiro atoms. The van der Waals surface area contributed by atoms with Crippen molar-refractivity contribution < 1.29 is 4.79 Å². The van der Waals surface area contributed by atoms with Gasteiger partial charge in [0, 0.05) is 25.6 Å². The predicted octanol–water partition coefficient (Wildman–Crippen LogP) is 4.17. The highest BCUT2D eigenvalue weighted by Crippen LogP contribution is 2.21. The number of hydrogen-bond acceptors (Lipinski definition) is 3. The zero-order valence-electron chi connectivity index (χ0n) is 16.1. The lowest BCUT2D eigenvalue weighted by Gasteiger charge is -2.11. The first-order valence-corrected chi connectivity index (χ1v) is 9.52. The van der Waals surface area contributed by atoms with Gasteiger partial charge in [-0.05, 0) is 35.4 Å². The monoisotopic (exact) mass is 383 g/mol. The Bertz CT molecular complexity index is 1210. The minimum absolute atomic E-state index is 0.111. The van der Waals surface area contributed by atoms with Crippen LogP contribution in [0.5, 0.6) is 0 Å². The van der Waals surface area contributed by atoms with Crippen molar-refractivity contribution >= 4 is 22.5 Å². The molecule has 0 atom stereocenters. The summed E-state index contributed by atoms with van der Waals surface area (Å²) in [6, 6.07) is 25.2. The Kier molecular flexibility index (Phi) is 5.20. The molecule has 3 aromatic carbocycles. The maximum atomic E-state index is 12.4. The van der Waals surface area contributed by atoms with Crippen LogP contribution in [0.2, 0.25) is 0 Å². The van der Waals surface area contributed by atoms with Gasteiger partial charge in [0.2, 0.25) is 5.91 Å². The summed E-state index contributed by atoms with van der Waals surface area (Å²) >= 11 is 0. The summed E-state index contributed by atoms with van der Waals surface area (Å²) in [5.74, 6) is 0.489. The van der Waals surface area contributed by atoms with E-state index >= 15 is 0 Å². The fourth-order valence-corrected chi connectivity index (χ4v) is 3.39. The first-order valence-electron chi connectivity index (χ1n) is 9.52. The third kappa shape index (κ3) is 4.09. The van der Waals surface area contributed by atoms with Crippen LogP contribution in [0.15, 0.2) is 83.7 Å². The molecule has 4 rings (SSSR count). The van der Waals surface area contributed by atoms with Crippen LogP contribution < -0.4 is 10.9 Å². The summed E-state index contributed by atoms with van der Waals surface area (Å²) in [7, 11) is 1.87. The predicted molar refractivity (Wildman–Crippen MR) is 116 cm³/mol. The Hall–Kier alpha value is -3.73. The molecule has 0 unspecified atom stereocenters. The van der Waals surface area contributed by atoms with Crippen LogP contribution in [0.1, 0.15) is 12.2 Å². The lowest BCUT2D eigenvalue weighted by atomic mass is 10.1. The molecule has 5 nitrogen and oxygen atoms in total. The molecular formula is C24H21N3O2. The molecule has 0 radical (unpaired) electrons. The first kappa shape index (κ1) is 18.6. The van der Waals surface area contributed by atoms with Gasteiger partial charge in [0.05, 0.1) is 10.9 Å². The maximum absolute atomic E-state index is 12.4. The molecule has 0 aliphatic carbocycles. The second-order valence-electron chi connectivity index (χ2n) is 6.90. The van der Waals surface area contributed by atoms with Crippen LogP contribution in [0.25, 0.3) is 22.0 Å². The Morgan fingerprint density at radius 3 is 2.31 bits per heavy atom. The highest BCUT2D eigenvalue weighted by atomic mass is 16.1. The Morgan fingerprint density at radius 2 is 1.55 bits per heavy atom. The van der Waals surface area contributed by atoms with Gasteiger partial charge >= 0.3 is 0 Å². The van der Waals surface area contributed by atoms with Gasteiger partial charge in [0.15, 0.2) is 0 Å². The highest BCUT2D eigenvalue weighted by Gasteiger charge is 2.10. The van der Waals surface area contributed by atoms with E-state index in [9.17, 15) is 9.59 Å². The van der Waals surface area contributed by atoms with E-state index in [0.29, 0.717) is 17.6 Å². The fraction of sp³-hybridized carbons (Fsp3) is 0.125. The number of carbonyl (C=O) groups excluding carboxylic acids is 1. The Morgan fingerprint density at radius 1 is 0.897 bits per heavy atom. The minimum atomic E-state index is -0.259. The summed E-state index contributed by atoms with van der Waals surface area (Å²) in [5.41, 5.74) is 3.53. The average Bonchev–Trinajstić information content (AvgIpc) is 2.76. The summed E-state index contributed by atoms with van der Waals surface area (Å²) in [4.78, 5) is 28.7. The number of benzene rings is 3. The third-order valence-corrected chi connectivity index (χ3v) is 4.97. The molecule has 5 heteroatoms. The minimum Gasteiger partial charge on any atom is -0.332 e. The molecule has 144 valence electrons. The number of para-hydroxylation sites is 1. The van der Waals surface area contributed by atoms with Gasteiger partial charge in [-0.3, -0.25) is 9.59 Å². The van der Waals surface area contributed by atoms with Gasteiger partial charge in [-0.15, -0.1) is 0 Å². The van der Waals surface area contributed by atoms with E-state index < -0.39 is 0 Å². The van der Waals surface area contributed by atoms with Gasteiger partial charge in [0.1, 0.15) is 5.82 Å². The smallest absolute Gasteiger partial charge is 0.280 e. The normalized spacial score (nSPS) is 10.8. The van der Waals surface area contributed by atoms with Crippen molar-refractivity contribution in [1.82, 2.24) is 9.55 Å². The number of carbonyl (C=O) groups is 1. The molecule has 0 aliphatic rings. The van der Waals surface area contributed by atoms with Crippen molar-refractivity contribution in [3.8, 4) is 11.1 Å². The standard InChI is InChI=1S/C24H21N3O2/c1-27-21-10-6-5-9-20(21)24(29)26-22(27)15-16-23(28)25-19-13-11-18(12-14-19)17-7-3-2-4-8-17/h2-14H,15-16H2,1H3,(H,25,28). The fourth-order valence-electron chi connectivity index (χ4n) is 3.39. The maximum Gasteiger partial charge on any atom is 0.280 e. The molecule has 29 heavy (non-hydrogen) atoms. The number of nitrogens with zero attached hydrogens (tertiary/aromatic N) is 2. The first-order chi connectivity index (χ1) is 14.1. The molecule has 0 saturated carbocycles. The summed E-state index contributed by atoms with van der Waals surface area (Å²) in [6.45, 7) is 0. The summed E-state index contributed by atoms with van der Waals surface area (Å²) in [6.07, 6.45) is 0.642. The van der Waals surface area contributed by atoms with Crippen LogP contribution in [0, 0.1) is 0 Å². The molecule has 1 N–H and O–H groups in total. The number of aryl methyl sites for hydroxylation is 2. The molecule has 0 saturated heterocycles. The van der Waals surface area contributed by atoms with Crippen LogP contribution in [-0.2, 0) is 18.3 Å². The molecule has 0 aliphatic heterocycles. The lowest BCUT2D eigenvalue weighted by Crippen LogP contribution is -2.19. The third-order valence-electron chi connectivity index (χ3n) is 4.97. The number of hydrogen-bond donors (Lipinski definition) is 1. The number of aromatic nitrogens is 2. The van der Waals surface area contributed by atoms with Crippen LogP contribution in [-0.4, -0.2) is 15.5 Å². The quantitative estimate of drug-likeness (QED) is 0.562. The number of anilines is 1. The highest BCUT2D eigenvalue weighted by molar-refractivity contribution is 5.91. The number of nitrogens with one attached hydrogen (secondary N) is 1. The van der Waals surface area contributed by atoms with E-state index in [1.807, 2.05) is 72.3 Å². The van der Waals surface area contributed by atoms with Gasteiger partial charge in [-0.2, -0.15) is 4.98 Å². The van der Waals surface area contributed by atoms with Crippen LogP contribution in [0.4, 0.5) is 5.69 Å². The van der Waals surface area contributed by atoms with Gasteiger partial charge in [-0.25, -0.2) is 0 Å². The van der Waals surface area contributed by atoms with Crippen molar-refractivity contribution in [2.24, 2.45) is 7.05 Å². The number of amides is 1. The molecule has 0 fully saturated rings. The average molecular weight is 383 g/mol. The Balaban J connectivity index is 1.42. The van der Waals surface area contributed by atoms with Crippen LogP contribution >= 0.6 is 0 Å². The SMILES string of the molecule is Cn1c(CCC(=O)Nc2ccc(-c3ccccc3)cc2)nc(=O)c2ccccc21. The molecule has 1 heterocycles. The van der Waals surface area contributed by atoms with Crippen molar-refractivity contribution in [3.63, 3.8) is 0 Å². The molecule has 1 aromatic heterocycles. The second-order valence-corrected chi connectivity index (χ2v) is 6.90. The number of fused-ring (bicyclic) bond motifs is 1. The van der Waals surface area contributed by atoms with Gasteiger partial charge in [-0.1, -0.05) is 54.6 Å². The van der Waals surface area contributed by atoms with E-state index in [1.165, 1.54) is 0 Å². The van der Waals surface area contributed by atoms with E-state index in [0.717, 1.165) is 22.3 Å². The second kappa shape index (κ2) is 8.10. The molecular weight excluding hydrogens is 362 g/mol. The topological polar surface area (TPSA) is 64.0 Å². The van der Waals surface area contributed by atoms with E-state index in [-0.39, 0.29) is 17.9 Å². The van der Waals surface area contributed by atoms with Crippen molar-refractivity contribution in [2.45, 2.75) is 12.8 Å². The zero-order chi connectivity index (χ0) is 20.2. The van der Waals surface area contributed by atoms with E-state index in [4.69, 9.17) is 0 Å². The molecule has 0 bridgehead atoms. The lowest BCUT2D eigenvalue weighted by molar-refractivity contribution is -0.116. The van der Waals surface area contributed by atoms with E-state index in [1.54, 1.807) is 6.07 Å². The van der Waals surface area contributed by atoms with Gasteiger partial charge < -0.3 is 9.88 Å². The van der Waals surface area contributed by atoms with Crippen molar-refractivity contribution in [1.29, 1.82) is 0 Å². The zero-order valence-corrected chi connectivity index (χ0v) is 16.1. The largest absolute Gasteiger partial charge is 0.332 e. The molecule has 1 amide bonds. The number of rotatable bonds is 5. The summed E-state index contributed by atoms with van der Waals surface area (Å²) in [5, 5.41) is 3.49. The van der Waals surface area contributed by atoms with Crippen molar-refractivity contribution in [2.75, 3.05) is 5.32 Å². The van der Waals surface area contributed by atoms with Gasteiger partial charge in [0.25, 0.3) is 5.56 Å². The van der Waals surface area contributed by atoms with Crippen molar-refractivity contribution in [3.05, 3.63) is 95.0 Å². The van der Waals surface area contributed by atoms with Crippen LogP contribution in [0.3, 0.4) is 0 Å². The Labute approximate surface area is 168 Å².